The average Bonchev–Trinajstić information content (AvgIpc) is 3.37. The number of imidazole rings is 1. The van der Waals surface area contributed by atoms with E-state index < -0.39 is 0 Å². The number of hydrogen-bond donors (Lipinski definition) is 2. The van der Waals surface area contributed by atoms with Crippen LogP contribution < -0.4 is 15.5 Å². The molecule has 10 heteroatoms. The predicted molar refractivity (Wildman–Crippen MR) is 160 cm³/mol. The lowest BCUT2D eigenvalue weighted by molar-refractivity contribution is 0.230. The van der Waals surface area contributed by atoms with Crippen LogP contribution in [0.4, 0.5) is 10.6 Å². The summed E-state index contributed by atoms with van der Waals surface area (Å²) >= 11 is 12.8. The lowest BCUT2D eigenvalue weighted by Gasteiger charge is -2.33. The van der Waals surface area contributed by atoms with Gasteiger partial charge in [-0.2, -0.15) is 0 Å². The molecule has 0 unspecified atom stereocenters. The van der Waals surface area contributed by atoms with E-state index in [1.54, 1.807) is 6.33 Å². The number of benzene rings is 2. The van der Waals surface area contributed by atoms with Gasteiger partial charge in [0.2, 0.25) is 0 Å². The van der Waals surface area contributed by atoms with Gasteiger partial charge in [0.15, 0.2) is 17.0 Å². The van der Waals surface area contributed by atoms with Crippen LogP contribution in [0.2, 0.25) is 10.0 Å². The maximum atomic E-state index is 12.6. The Hall–Kier alpha value is -3.36. The Morgan fingerprint density at radius 1 is 0.925 bits per heavy atom. The monoisotopic (exact) mass is 577 g/mol. The zero-order valence-corrected chi connectivity index (χ0v) is 23.8. The van der Waals surface area contributed by atoms with E-state index in [1.165, 1.54) is 32.1 Å². The topological polar surface area (TPSA) is 88.0 Å². The quantitative estimate of drug-likeness (QED) is 0.268. The number of piperidine rings is 1. The molecule has 0 radical (unpaired) electrons. The highest BCUT2D eigenvalue weighted by atomic mass is 35.5. The summed E-state index contributed by atoms with van der Waals surface area (Å²) in [6.07, 6.45) is 9.57. The van der Waals surface area contributed by atoms with Crippen molar-refractivity contribution < 1.29 is 4.79 Å². The molecule has 4 aromatic rings. The van der Waals surface area contributed by atoms with Gasteiger partial charge in [-0.1, -0.05) is 54.6 Å². The Labute approximate surface area is 244 Å². The summed E-state index contributed by atoms with van der Waals surface area (Å²) in [5.41, 5.74) is 3.10. The molecule has 0 bridgehead atoms. The van der Waals surface area contributed by atoms with Gasteiger partial charge in [-0.25, -0.2) is 19.7 Å². The van der Waals surface area contributed by atoms with Gasteiger partial charge in [0.05, 0.1) is 5.02 Å². The summed E-state index contributed by atoms with van der Waals surface area (Å²) in [6, 6.07) is 15.3. The highest BCUT2D eigenvalue weighted by Crippen LogP contribution is 2.35. The Morgan fingerprint density at radius 2 is 1.68 bits per heavy atom. The minimum Gasteiger partial charge on any atom is -0.355 e. The van der Waals surface area contributed by atoms with Crippen LogP contribution in [-0.4, -0.2) is 51.2 Å². The average molecular weight is 579 g/mol. The molecule has 1 saturated carbocycles. The fraction of sp³-hybridized carbons (Fsp3) is 0.400. The molecule has 2 aromatic carbocycles. The van der Waals surface area contributed by atoms with Gasteiger partial charge in [-0.15, -0.1) is 0 Å². The molecule has 6 rings (SSSR count). The van der Waals surface area contributed by atoms with Crippen LogP contribution in [0.15, 0.2) is 54.9 Å². The number of amides is 2. The van der Waals surface area contributed by atoms with E-state index in [1.807, 2.05) is 53.1 Å². The molecule has 1 aliphatic carbocycles. The summed E-state index contributed by atoms with van der Waals surface area (Å²) in [4.78, 5) is 29.1. The van der Waals surface area contributed by atoms with Crippen LogP contribution in [0.3, 0.4) is 0 Å². The summed E-state index contributed by atoms with van der Waals surface area (Å²) in [7, 11) is 0. The number of carbonyl (C=O) groups is 1. The van der Waals surface area contributed by atoms with Crippen LogP contribution in [0.5, 0.6) is 0 Å². The SMILES string of the molecule is O=C(NCC1CCCCC1)NC1CCN(c2ncnc3c2nc(-c2ccccc2Cl)n3-c2ccc(Cl)cc2)CC1. The normalized spacial score (nSPS) is 16.8. The molecule has 2 aromatic heterocycles. The molecule has 1 aliphatic heterocycles. The van der Waals surface area contributed by atoms with Gasteiger partial charge < -0.3 is 15.5 Å². The smallest absolute Gasteiger partial charge is 0.315 e. The molecule has 208 valence electrons. The number of anilines is 1. The third kappa shape index (κ3) is 5.74. The van der Waals surface area contributed by atoms with Crippen LogP contribution in [0.25, 0.3) is 28.2 Å². The van der Waals surface area contributed by atoms with Crippen molar-refractivity contribution in [1.29, 1.82) is 0 Å². The van der Waals surface area contributed by atoms with Gasteiger partial charge in [-0.3, -0.25) is 4.57 Å². The van der Waals surface area contributed by atoms with Crippen LogP contribution >= 0.6 is 23.2 Å². The van der Waals surface area contributed by atoms with Crippen molar-refractivity contribution in [2.75, 3.05) is 24.5 Å². The number of hydrogen-bond acceptors (Lipinski definition) is 5. The van der Waals surface area contributed by atoms with Crippen molar-refractivity contribution in [2.24, 2.45) is 5.92 Å². The minimum absolute atomic E-state index is 0.0560. The number of nitrogens with one attached hydrogen (secondary N) is 2. The lowest BCUT2D eigenvalue weighted by Crippen LogP contribution is -2.48. The first-order chi connectivity index (χ1) is 19.6. The predicted octanol–water partition coefficient (Wildman–Crippen LogP) is 6.64. The number of carbonyl (C=O) groups excluding carboxylic acids is 1. The molecule has 40 heavy (non-hydrogen) atoms. The largest absolute Gasteiger partial charge is 0.355 e. The molecule has 8 nitrogen and oxygen atoms in total. The molecular formula is C30H33Cl2N7O. The van der Waals surface area contributed by atoms with E-state index in [9.17, 15) is 4.79 Å². The first-order valence-electron chi connectivity index (χ1n) is 14.1. The van der Waals surface area contributed by atoms with Gasteiger partial charge in [-0.05, 0) is 68.0 Å². The van der Waals surface area contributed by atoms with E-state index in [2.05, 4.69) is 25.5 Å². The summed E-state index contributed by atoms with van der Waals surface area (Å²) < 4.78 is 2.00. The molecule has 0 spiro atoms. The molecule has 0 atom stereocenters. The Bertz CT molecular complexity index is 1480. The molecular weight excluding hydrogens is 545 g/mol. The first-order valence-corrected chi connectivity index (χ1v) is 14.9. The maximum absolute atomic E-state index is 12.6. The fourth-order valence-corrected chi connectivity index (χ4v) is 6.22. The minimum atomic E-state index is -0.0560. The summed E-state index contributed by atoms with van der Waals surface area (Å²) in [6.45, 7) is 2.29. The third-order valence-corrected chi connectivity index (χ3v) is 8.61. The van der Waals surface area contributed by atoms with E-state index in [4.69, 9.17) is 28.2 Å². The van der Waals surface area contributed by atoms with Crippen molar-refractivity contribution >= 4 is 46.2 Å². The third-order valence-electron chi connectivity index (χ3n) is 8.03. The molecule has 2 fully saturated rings. The second-order valence-corrected chi connectivity index (χ2v) is 11.6. The van der Waals surface area contributed by atoms with E-state index in [0.29, 0.717) is 33.0 Å². The number of halogens is 2. The lowest BCUT2D eigenvalue weighted by atomic mass is 9.89. The van der Waals surface area contributed by atoms with Crippen molar-refractivity contribution in [2.45, 2.75) is 51.0 Å². The van der Waals surface area contributed by atoms with Crippen LogP contribution in [-0.2, 0) is 0 Å². The standard InChI is InChI=1S/C30H33Cl2N7O/c31-21-10-12-23(13-11-21)39-27(24-8-4-5-9-25(24)32)37-26-28(34-19-35-29(26)39)38-16-14-22(15-17-38)36-30(40)33-18-20-6-2-1-3-7-20/h4-5,8-13,19-20,22H,1-3,6-7,14-18H2,(H2,33,36,40). The zero-order chi connectivity index (χ0) is 27.5. The molecule has 2 N–H and O–H groups in total. The van der Waals surface area contributed by atoms with Crippen molar-refractivity contribution in [3.8, 4) is 17.1 Å². The highest BCUT2D eigenvalue weighted by Gasteiger charge is 2.26. The second-order valence-electron chi connectivity index (χ2n) is 10.7. The molecule has 2 aliphatic rings. The summed E-state index contributed by atoms with van der Waals surface area (Å²) in [5.74, 6) is 2.09. The number of rotatable bonds is 6. The Kier molecular flexibility index (Phi) is 8.07. The fourth-order valence-electron chi connectivity index (χ4n) is 5.87. The van der Waals surface area contributed by atoms with Crippen LogP contribution in [0.1, 0.15) is 44.9 Å². The number of fused-ring (bicyclic) bond motifs is 1. The van der Waals surface area contributed by atoms with Gasteiger partial charge in [0.1, 0.15) is 12.2 Å². The zero-order valence-electron chi connectivity index (χ0n) is 22.3. The maximum Gasteiger partial charge on any atom is 0.315 e. The Morgan fingerprint density at radius 3 is 2.42 bits per heavy atom. The number of aromatic nitrogens is 4. The number of urea groups is 1. The highest BCUT2D eigenvalue weighted by molar-refractivity contribution is 6.33. The Balaban J connectivity index is 1.22. The van der Waals surface area contributed by atoms with Gasteiger partial charge in [0.25, 0.3) is 0 Å². The molecule has 3 heterocycles. The van der Waals surface area contributed by atoms with Crippen molar-refractivity contribution in [3.05, 3.63) is 64.9 Å². The van der Waals surface area contributed by atoms with E-state index in [0.717, 1.165) is 49.5 Å². The van der Waals surface area contributed by atoms with Gasteiger partial charge >= 0.3 is 6.03 Å². The second kappa shape index (κ2) is 12.0. The van der Waals surface area contributed by atoms with Gasteiger partial charge in [0, 0.05) is 41.9 Å². The first kappa shape index (κ1) is 26.8. The summed E-state index contributed by atoms with van der Waals surface area (Å²) in [5, 5.41) is 7.54. The van der Waals surface area contributed by atoms with E-state index in [-0.39, 0.29) is 12.1 Å². The van der Waals surface area contributed by atoms with E-state index >= 15 is 0 Å². The van der Waals surface area contributed by atoms with Crippen molar-refractivity contribution in [1.82, 2.24) is 30.2 Å². The van der Waals surface area contributed by atoms with Crippen molar-refractivity contribution in [3.63, 3.8) is 0 Å². The number of nitrogens with zero attached hydrogens (tertiary/aromatic N) is 5. The molecule has 1 saturated heterocycles. The molecule has 2 amide bonds. The van der Waals surface area contributed by atoms with Crippen LogP contribution in [0, 0.1) is 5.92 Å².